The first-order valence-electron chi connectivity index (χ1n) is 13.8. The Hall–Kier alpha value is -1.30. The van der Waals surface area contributed by atoms with E-state index < -0.39 is 12.8 Å². The molecule has 5 nitrogen and oxygen atoms in total. The van der Waals surface area contributed by atoms with Gasteiger partial charge in [0.2, 0.25) is 0 Å². The Labute approximate surface area is 203 Å². The molecule has 0 saturated carbocycles. The van der Waals surface area contributed by atoms with Gasteiger partial charge in [-0.3, -0.25) is 4.74 Å². The molecule has 0 saturated heterocycles. The van der Waals surface area contributed by atoms with E-state index in [9.17, 15) is 0 Å². The Balaban J connectivity index is 1.98. The van der Waals surface area contributed by atoms with Gasteiger partial charge in [-0.2, -0.15) is 0 Å². The third-order valence-corrected chi connectivity index (χ3v) is 6.54. The minimum absolute atomic E-state index is 0.433. The zero-order valence-electron chi connectivity index (χ0n) is 21.9. The van der Waals surface area contributed by atoms with Crippen LogP contribution in [0.5, 0.6) is 11.5 Å². The van der Waals surface area contributed by atoms with Gasteiger partial charge in [-0.25, -0.2) is 9.80 Å². The molecule has 0 N–H and O–H groups in total. The molecule has 0 aliphatic carbocycles. The molecule has 1 aromatic carbocycles. The highest BCUT2D eigenvalue weighted by atomic mass is 16.8. The second kappa shape index (κ2) is 17.2. The number of ether oxygens (including phenoxy) is 3. The van der Waals surface area contributed by atoms with Crippen LogP contribution in [0.2, 0.25) is 0 Å². The maximum atomic E-state index is 6.50. The molecular weight excluding hydrogens is 412 g/mol. The SMILES string of the molecule is CCCCCCCCN(CC)C1Oc2ccccc2OC(N(CC)CCCCCCCC)O1. The molecule has 0 radical (unpaired) electrons. The van der Waals surface area contributed by atoms with Gasteiger partial charge >= 0.3 is 0 Å². The van der Waals surface area contributed by atoms with Crippen LogP contribution < -0.4 is 9.47 Å². The largest absolute Gasteiger partial charge is 0.447 e. The van der Waals surface area contributed by atoms with Crippen molar-refractivity contribution in [3.63, 3.8) is 0 Å². The maximum Gasteiger partial charge on any atom is 0.266 e. The van der Waals surface area contributed by atoms with Crippen LogP contribution in [0.25, 0.3) is 0 Å². The van der Waals surface area contributed by atoms with Gasteiger partial charge in [-0.15, -0.1) is 0 Å². The van der Waals surface area contributed by atoms with E-state index in [1.165, 1.54) is 77.0 Å². The molecule has 190 valence electrons. The van der Waals surface area contributed by atoms with Crippen molar-refractivity contribution in [3.8, 4) is 11.5 Å². The van der Waals surface area contributed by atoms with Gasteiger partial charge in [0.15, 0.2) is 11.5 Å². The van der Waals surface area contributed by atoms with Crippen LogP contribution >= 0.6 is 0 Å². The van der Waals surface area contributed by atoms with E-state index in [2.05, 4.69) is 37.5 Å². The smallest absolute Gasteiger partial charge is 0.266 e. The van der Waals surface area contributed by atoms with Crippen LogP contribution in [-0.2, 0) is 4.74 Å². The first kappa shape index (κ1) is 27.9. The molecule has 0 bridgehead atoms. The molecule has 1 aliphatic heterocycles. The van der Waals surface area contributed by atoms with E-state index in [1.807, 2.05) is 24.3 Å². The van der Waals surface area contributed by atoms with Gasteiger partial charge in [0.1, 0.15) is 0 Å². The summed E-state index contributed by atoms with van der Waals surface area (Å²) >= 11 is 0. The predicted octanol–water partition coefficient (Wildman–Crippen LogP) is 7.41. The van der Waals surface area contributed by atoms with Gasteiger partial charge in [0.25, 0.3) is 12.8 Å². The van der Waals surface area contributed by atoms with E-state index >= 15 is 0 Å². The Morgan fingerprint density at radius 3 is 1.36 bits per heavy atom. The summed E-state index contributed by atoms with van der Waals surface area (Å²) in [6, 6.07) is 7.96. The third kappa shape index (κ3) is 10.2. The molecule has 0 fully saturated rings. The molecule has 0 amide bonds. The topological polar surface area (TPSA) is 34.2 Å². The number of nitrogens with zero attached hydrogens (tertiary/aromatic N) is 2. The van der Waals surface area contributed by atoms with E-state index in [1.54, 1.807) is 0 Å². The Kier molecular flexibility index (Phi) is 14.5. The average Bonchev–Trinajstić information content (AvgIpc) is 3.03. The molecule has 1 aliphatic rings. The minimum Gasteiger partial charge on any atom is -0.447 e. The van der Waals surface area contributed by atoms with Crippen LogP contribution in [0.1, 0.15) is 105 Å². The summed E-state index contributed by atoms with van der Waals surface area (Å²) in [6.45, 7) is 12.6. The highest BCUT2D eigenvalue weighted by Crippen LogP contribution is 2.33. The molecule has 0 aromatic heterocycles. The van der Waals surface area contributed by atoms with Crippen LogP contribution in [0.4, 0.5) is 0 Å². The van der Waals surface area contributed by atoms with Gasteiger partial charge < -0.3 is 9.47 Å². The molecule has 0 spiro atoms. The summed E-state index contributed by atoms with van der Waals surface area (Å²) in [6.07, 6.45) is 14.6. The lowest BCUT2D eigenvalue weighted by Crippen LogP contribution is -2.49. The third-order valence-electron chi connectivity index (χ3n) is 6.54. The van der Waals surface area contributed by atoms with E-state index in [0.717, 1.165) is 37.7 Å². The van der Waals surface area contributed by atoms with Crippen LogP contribution in [0.15, 0.2) is 24.3 Å². The first-order valence-corrected chi connectivity index (χ1v) is 13.8. The van der Waals surface area contributed by atoms with Crippen molar-refractivity contribution in [2.75, 3.05) is 26.2 Å². The van der Waals surface area contributed by atoms with Crippen molar-refractivity contribution >= 4 is 0 Å². The van der Waals surface area contributed by atoms with Crippen molar-refractivity contribution in [2.24, 2.45) is 0 Å². The standard InChI is InChI=1S/C28H50N2O3/c1-5-9-11-13-15-19-23-29(7-3)27-31-25-21-17-18-22-26(25)32-28(33-27)30(8-4)24-20-16-14-12-10-6-2/h17-18,21-22,27-28H,5-16,19-20,23-24H2,1-4H3. The first-order chi connectivity index (χ1) is 16.2. The summed E-state index contributed by atoms with van der Waals surface area (Å²) in [5.41, 5.74) is 0. The average molecular weight is 463 g/mol. The van der Waals surface area contributed by atoms with Crippen LogP contribution in [0.3, 0.4) is 0 Å². The van der Waals surface area contributed by atoms with Crippen LogP contribution in [0, 0.1) is 0 Å². The molecule has 33 heavy (non-hydrogen) atoms. The number of unbranched alkanes of at least 4 members (excludes halogenated alkanes) is 10. The summed E-state index contributed by atoms with van der Waals surface area (Å²) in [5, 5.41) is 0. The molecule has 2 atom stereocenters. The fourth-order valence-electron chi connectivity index (χ4n) is 4.35. The molecule has 5 heteroatoms. The normalized spacial score (nSPS) is 18.1. The summed E-state index contributed by atoms with van der Waals surface area (Å²) in [4.78, 5) is 4.60. The fraction of sp³-hybridized carbons (Fsp3) is 0.786. The number of rotatable bonds is 18. The second-order valence-electron chi connectivity index (χ2n) is 9.23. The van der Waals surface area contributed by atoms with E-state index in [4.69, 9.17) is 14.2 Å². The Morgan fingerprint density at radius 2 is 0.970 bits per heavy atom. The van der Waals surface area contributed by atoms with Gasteiger partial charge in [0.05, 0.1) is 0 Å². The highest BCUT2D eigenvalue weighted by Gasteiger charge is 2.32. The second-order valence-corrected chi connectivity index (χ2v) is 9.23. The number of hydrogen-bond donors (Lipinski definition) is 0. The van der Waals surface area contributed by atoms with Crippen molar-refractivity contribution in [1.82, 2.24) is 9.80 Å². The van der Waals surface area contributed by atoms with Crippen molar-refractivity contribution in [1.29, 1.82) is 0 Å². The number of benzene rings is 1. The minimum atomic E-state index is -0.433. The van der Waals surface area contributed by atoms with Gasteiger partial charge in [-0.05, 0) is 25.0 Å². The summed E-state index contributed by atoms with van der Waals surface area (Å²) < 4.78 is 19.2. The Morgan fingerprint density at radius 1 is 0.576 bits per heavy atom. The zero-order chi connectivity index (χ0) is 23.7. The van der Waals surface area contributed by atoms with Crippen molar-refractivity contribution in [2.45, 2.75) is 118 Å². The molecule has 1 heterocycles. The van der Waals surface area contributed by atoms with E-state index in [0.29, 0.717) is 0 Å². The molecule has 1 aromatic rings. The number of para-hydroxylation sites is 2. The van der Waals surface area contributed by atoms with Crippen molar-refractivity contribution < 1.29 is 14.2 Å². The zero-order valence-corrected chi connectivity index (χ0v) is 21.9. The number of hydrogen-bond acceptors (Lipinski definition) is 5. The lowest BCUT2D eigenvalue weighted by molar-refractivity contribution is -0.275. The quantitative estimate of drug-likeness (QED) is 0.212. The monoisotopic (exact) mass is 462 g/mol. The van der Waals surface area contributed by atoms with Gasteiger partial charge in [-0.1, -0.05) is 104 Å². The van der Waals surface area contributed by atoms with Gasteiger partial charge in [0, 0.05) is 26.2 Å². The van der Waals surface area contributed by atoms with Crippen molar-refractivity contribution in [3.05, 3.63) is 24.3 Å². The van der Waals surface area contributed by atoms with Crippen LogP contribution in [-0.4, -0.2) is 48.8 Å². The number of fused-ring (bicyclic) bond motifs is 1. The highest BCUT2D eigenvalue weighted by molar-refractivity contribution is 5.39. The lowest BCUT2D eigenvalue weighted by atomic mass is 10.1. The molecule has 2 unspecified atom stereocenters. The molecule has 2 rings (SSSR count). The molecular formula is C28H50N2O3. The summed E-state index contributed by atoms with van der Waals surface area (Å²) in [7, 11) is 0. The predicted molar refractivity (Wildman–Crippen MR) is 138 cm³/mol. The van der Waals surface area contributed by atoms with E-state index in [-0.39, 0.29) is 0 Å². The summed E-state index contributed by atoms with van der Waals surface area (Å²) in [5.74, 6) is 1.53. The maximum absolute atomic E-state index is 6.50. The fourth-order valence-corrected chi connectivity index (χ4v) is 4.35. The Bertz CT molecular complexity index is 562. The lowest BCUT2D eigenvalue weighted by Gasteiger charge is -2.34.